The molecule has 3 atom stereocenters. The minimum Gasteiger partial charge on any atom is -0.465 e. The van der Waals surface area contributed by atoms with E-state index < -0.39 is 0 Å². The molecule has 17 heavy (non-hydrogen) atoms. The maximum Gasteiger partial charge on any atom is 0.309 e. The van der Waals surface area contributed by atoms with Crippen LogP contribution in [0.15, 0.2) is 18.2 Å². The molecule has 3 rings (SSSR count). The summed E-state index contributed by atoms with van der Waals surface area (Å²) in [5, 5.41) is 0. The zero-order valence-electron chi connectivity index (χ0n) is 10.3. The lowest BCUT2D eigenvalue weighted by Gasteiger charge is -2.32. The third-order valence-electron chi connectivity index (χ3n) is 4.16. The van der Waals surface area contributed by atoms with Crippen molar-refractivity contribution in [1.29, 1.82) is 0 Å². The fraction of sp³-hybridized carbons (Fsp3) is 0.500. The maximum atomic E-state index is 11.7. The number of hydrogen-bond donors (Lipinski definition) is 0. The first kappa shape index (κ1) is 10.9. The first-order valence-electron chi connectivity index (χ1n) is 6.26. The summed E-state index contributed by atoms with van der Waals surface area (Å²) in [5.41, 5.74) is 4.00. The smallest absolute Gasteiger partial charge is 0.309 e. The van der Waals surface area contributed by atoms with Crippen molar-refractivity contribution >= 4 is 13.2 Å². The number of carbonyl (C=O) groups excluding carboxylic acids is 1. The van der Waals surface area contributed by atoms with Crippen LogP contribution < -0.4 is 0 Å². The Morgan fingerprint density at radius 3 is 3.00 bits per heavy atom. The third-order valence-corrected chi connectivity index (χ3v) is 4.16. The van der Waals surface area contributed by atoms with Crippen LogP contribution in [0.25, 0.3) is 0 Å². The van der Waals surface area contributed by atoms with Crippen molar-refractivity contribution in [1.82, 2.24) is 0 Å². The van der Waals surface area contributed by atoms with Crippen molar-refractivity contribution in [2.24, 2.45) is 11.8 Å². The van der Waals surface area contributed by atoms with Crippen LogP contribution in [0.1, 0.15) is 22.5 Å². The molecule has 3 heteroatoms. The van der Waals surface area contributed by atoms with Gasteiger partial charge in [-0.15, -0.1) is 0 Å². The van der Waals surface area contributed by atoms with Crippen LogP contribution in [0.3, 0.4) is 0 Å². The fourth-order valence-corrected chi connectivity index (χ4v) is 3.27. The molecule has 1 aromatic rings. The number of ether oxygens (including phenoxy) is 1. The van der Waals surface area contributed by atoms with Gasteiger partial charge in [-0.25, -0.2) is 0 Å². The summed E-state index contributed by atoms with van der Waals surface area (Å²) in [6, 6.07) is 6.56. The normalized spacial score (nSPS) is 30.5. The second-order valence-corrected chi connectivity index (χ2v) is 5.17. The van der Waals surface area contributed by atoms with E-state index in [1.54, 1.807) is 0 Å². The molecule has 0 N–H and O–H groups in total. The van der Waals surface area contributed by atoms with Gasteiger partial charge in [0.15, 0.2) is 0 Å². The molecule has 1 aliphatic carbocycles. The van der Waals surface area contributed by atoms with Crippen LogP contribution in [0, 0.1) is 18.8 Å². The second kappa shape index (κ2) is 3.90. The molecule has 1 fully saturated rings. The monoisotopic (exact) mass is 227 g/mol. The molecule has 1 aliphatic heterocycles. The van der Waals surface area contributed by atoms with Gasteiger partial charge in [-0.05, 0) is 30.3 Å². The van der Waals surface area contributed by atoms with E-state index >= 15 is 0 Å². The summed E-state index contributed by atoms with van der Waals surface area (Å²) in [7, 11) is 2.22. The van der Waals surface area contributed by atoms with Crippen molar-refractivity contribution < 1.29 is 9.53 Å². The number of hydrogen-bond acceptors (Lipinski definition) is 2. The summed E-state index contributed by atoms with van der Waals surface area (Å²) in [5.74, 6) is 0.788. The van der Waals surface area contributed by atoms with E-state index in [1.807, 2.05) is 0 Å². The summed E-state index contributed by atoms with van der Waals surface area (Å²) < 4.78 is 5.23. The average molecular weight is 227 g/mol. The molecule has 0 aromatic heterocycles. The van der Waals surface area contributed by atoms with Crippen LogP contribution >= 0.6 is 0 Å². The van der Waals surface area contributed by atoms with Crippen LogP contribution in [0.4, 0.5) is 0 Å². The highest BCUT2D eigenvalue weighted by atomic mass is 16.5. The summed E-state index contributed by atoms with van der Waals surface area (Å²) in [6.07, 6.45) is 0.851. The minimum absolute atomic E-state index is 0.00641. The Bertz CT molecular complexity index is 469. The molecule has 1 aromatic carbocycles. The Kier molecular flexibility index (Phi) is 2.50. The molecule has 2 nitrogen and oxygen atoms in total. The standard InChI is InChI=1S/C14H16BO2/c1-8-3-4-9-6-11-12(7-17-14(11)16)13(15-2)10(9)5-8/h3-5,11-13H,6-7H2,1-2H3/t11-,12-,13-/m0/s1. The Hall–Kier alpha value is -1.25. The Balaban J connectivity index is 2.07. The number of rotatable bonds is 1. The van der Waals surface area contributed by atoms with Crippen LogP contribution in [-0.4, -0.2) is 19.9 Å². The van der Waals surface area contributed by atoms with Gasteiger partial charge in [-0.1, -0.05) is 30.6 Å². The molecule has 0 saturated carbocycles. The van der Waals surface area contributed by atoms with Crippen molar-refractivity contribution in [3.8, 4) is 0 Å². The van der Waals surface area contributed by atoms with Crippen LogP contribution in [-0.2, 0) is 16.0 Å². The lowest BCUT2D eigenvalue weighted by Crippen LogP contribution is -2.32. The Labute approximate surface area is 103 Å². The first-order chi connectivity index (χ1) is 8.20. The van der Waals surface area contributed by atoms with Gasteiger partial charge < -0.3 is 4.74 Å². The van der Waals surface area contributed by atoms with Crippen molar-refractivity contribution in [3.05, 3.63) is 34.9 Å². The largest absolute Gasteiger partial charge is 0.465 e. The van der Waals surface area contributed by atoms with E-state index in [4.69, 9.17) is 4.74 Å². The van der Waals surface area contributed by atoms with E-state index in [-0.39, 0.29) is 11.9 Å². The van der Waals surface area contributed by atoms with Gasteiger partial charge in [0.05, 0.1) is 12.5 Å². The molecule has 0 spiro atoms. The van der Waals surface area contributed by atoms with E-state index in [2.05, 4.69) is 39.2 Å². The number of cyclic esters (lactones) is 1. The number of aryl methyl sites for hydroxylation is 1. The lowest BCUT2D eigenvalue weighted by molar-refractivity contribution is -0.141. The molecular formula is C14H16BO2. The second-order valence-electron chi connectivity index (χ2n) is 5.17. The maximum absolute atomic E-state index is 11.7. The van der Waals surface area contributed by atoms with Gasteiger partial charge in [0.25, 0.3) is 0 Å². The zero-order valence-corrected chi connectivity index (χ0v) is 10.3. The number of esters is 1. The van der Waals surface area contributed by atoms with E-state index in [0.29, 0.717) is 18.3 Å². The predicted octanol–water partition coefficient (Wildman–Crippen LogP) is 2.13. The van der Waals surface area contributed by atoms with Gasteiger partial charge in [0.2, 0.25) is 0 Å². The Morgan fingerprint density at radius 2 is 2.24 bits per heavy atom. The highest BCUT2D eigenvalue weighted by Crippen LogP contribution is 2.43. The summed E-state index contributed by atoms with van der Waals surface area (Å²) >= 11 is 0. The van der Waals surface area contributed by atoms with Gasteiger partial charge in [-0.3, -0.25) is 4.79 Å². The van der Waals surface area contributed by atoms with Crippen molar-refractivity contribution in [2.75, 3.05) is 6.61 Å². The molecule has 1 saturated heterocycles. The number of benzene rings is 1. The van der Waals surface area contributed by atoms with Gasteiger partial charge in [0.1, 0.15) is 7.28 Å². The minimum atomic E-state index is -0.00641. The molecule has 1 heterocycles. The highest BCUT2D eigenvalue weighted by molar-refractivity contribution is 6.36. The molecular weight excluding hydrogens is 211 g/mol. The molecule has 0 bridgehead atoms. The predicted molar refractivity (Wildman–Crippen MR) is 67.2 cm³/mol. The van der Waals surface area contributed by atoms with Gasteiger partial charge in [-0.2, -0.15) is 0 Å². The topological polar surface area (TPSA) is 26.3 Å². The molecule has 0 amide bonds. The fourth-order valence-electron chi connectivity index (χ4n) is 3.27. The quantitative estimate of drug-likeness (QED) is 0.542. The van der Waals surface area contributed by atoms with E-state index in [1.165, 1.54) is 16.7 Å². The SMILES string of the molecule is C[B][C@H]1c2cc(C)ccc2C[C@@H]2C(=O)OC[C@@H]21. The van der Waals surface area contributed by atoms with Gasteiger partial charge in [0, 0.05) is 5.92 Å². The molecule has 1 radical (unpaired) electrons. The summed E-state index contributed by atoms with van der Waals surface area (Å²) in [6.45, 7) is 4.79. The van der Waals surface area contributed by atoms with Crippen LogP contribution in [0.5, 0.6) is 0 Å². The summed E-state index contributed by atoms with van der Waals surface area (Å²) in [4.78, 5) is 11.7. The third kappa shape index (κ3) is 1.60. The molecule has 0 unspecified atom stereocenters. The van der Waals surface area contributed by atoms with E-state index in [0.717, 1.165) is 6.42 Å². The highest BCUT2D eigenvalue weighted by Gasteiger charge is 2.45. The zero-order chi connectivity index (χ0) is 12.0. The lowest BCUT2D eigenvalue weighted by atomic mass is 9.52. The average Bonchev–Trinajstić information content (AvgIpc) is 2.68. The van der Waals surface area contributed by atoms with Gasteiger partial charge >= 0.3 is 5.97 Å². The first-order valence-corrected chi connectivity index (χ1v) is 6.26. The van der Waals surface area contributed by atoms with Crippen LogP contribution in [0.2, 0.25) is 6.82 Å². The van der Waals surface area contributed by atoms with E-state index in [9.17, 15) is 4.79 Å². The van der Waals surface area contributed by atoms with Crippen molar-refractivity contribution in [3.63, 3.8) is 0 Å². The number of fused-ring (bicyclic) bond motifs is 2. The molecule has 2 aliphatic rings. The number of carbonyl (C=O) groups is 1. The molecule has 87 valence electrons. The Morgan fingerprint density at radius 1 is 1.41 bits per heavy atom. The van der Waals surface area contributed by atoms with Crippen molar-refractivity contribution in [2.45, 2.75) is 26.0 Å².